The van der Waals surface area contributed by atoms with E-state index in [1.54, 1.807) is 0 Å². The SMILES string of the molecule is Nc1cc(Br)ccc1NCC1CCC(=O)N1. The van der Waals surface area contributed by atoms with Crippen molar-refractivity contribution in [1.29, 1.82) is 0 Å². The van der Waals surface area contributed by atoms with Crippen LogP contribution in [-0.4, -0.2) is 18.5 Å². The number of anilines is 2. The molecule has 1 saturated heterocycles. The Kier molecular flexibility index (Phi) is 3.33. The van der Waals surface area contributed by atoms with Crippen LogP contribution in [-0.2, 0) is 4.79 Å². The molecule has 4 N–H and O–H groups in total. The third-order valence-electron chi connectivity index (χ3n) is 2.64. The van der Waals surface area contributed by atoms with Crippen molar-refractivity contribution in [2.24, 2.45) is 0 Å². The molecule has 0 bridgehead atoms. The molecule has 1 fully saturated rings. The lowest BCUT2D eigenvalue weighted by atomic mass is 10.2. The highest BCUT2D eigenvalue weighted by Crippen LogP contribution is 2.23. The molecule has 0 radical (unpaired) electrons. The maximum atomic E-state index is 11.0. The van der Waals surface area contributed by atoms with Crippen LogP contribution in [0.5, 0.6) is 0 Å². The van der Waals surface area contributed by atoms with E-state index in [9.17, 15) is 4.79 Å². The molecule has 1 aliphatic heterocycles. The van der Waals surface area contributed by atoms with Gasteiger partial charge in [0.2, 0.25) is 5.91 Å². The summed E-state index contributed by atoms with van der Waals surface area (Å²) in [4.78, 5) is 11.0. The van der Waals surface area contributed by atoms with Crippen LogP contribution in [0.3, 0.4) is 0 Å². The van der Waals surface area contributed by atoms with E-state index in [4.69, 9.17) is 5.73 Å². The number of carbonyl (C=O) groups excluding carboxylic acids is 1. The minimum absolute atomic E-state index is 0.135. The molecule has 2 rings (SSSR count). The molecule has 1 heterocycles. The Bertz CT molecular complexity index is 408. The molecule has 1 aliphatic rings. The summed E-state index contributed by atoms with van der Waals surface area (Å²) in [6.07, 6.45) is 1.52. The van der Waals surface area contributed by atoms with Crippen LogP contribution in [0.15, 0.2) is 22.7 Å². The highest BCUT2D eigenvalue weighted by atomic mass is 79.9. The van der Waals surface area contributed by atoms with Gasteiger partial charge in [-0.25, -0.2) is 0 Å². The normalized spacial score (nSPS) is 19.6. The Morgan fingerprint density at radius 1 is 1.56 bits per heavy atom. The lowest BCUT2D eigenvalue weighted by molar-refractivity contribution is -0.119. The fourth-order valence-electron chi connectivity index (χ4n) is 1.76. The standard InChI is InChI=1S/C11H14BrN3O/c12-7-1-3-10(9(13)5-7)14-6-8-2-4-11(16)15-8/h1,3,5,8,14H,2,4,6,13H2,(H,15,16). The Morgan fingerprint density at radius 3 is 3.00 bits per heavy atom. The summed E-state index contributed by atoms with van der Waals surface area (Å²) < 4.78 is 0.963. The van der Waals surface area contributed by atoms with Gasteiger partial charge in [-0.1, -0.05) is 15.9 Å². The second kappa shape index (κ2) is 4.74. The predicted molar refractivity (Wildman–Crippen MR) is 68.2 cm³/mol. The van der Waals surface area contributed by atoms with Crippen molar-refractivity contribution in [1.82, 2.24) is 5.32 Å². The van der Waals surface area contributed by atoms with Gasteiger partial charge in [0, 0.05) is 23.5 Å². The zero-order chi connectivity index (χ0) is 11.5. The van der Waals surface area contributed by atoms with Gasteiger partial charge in [0.25, 0.3) is 0 Å². The third-order valence-corrected chi connectivity index (χ3v) is 3.13. The van der Waals surface area contributed by atoms with Gasteiger partial charge in [-0.05, 0) is 24.6 Å². The van der Waals surface area contributed by atoms with E-state index in [1.807, 2.05) is 18.2 Å². The third kappa shape index (κ3) is 2.66. The zero-order valence-electron chi connectivity index (χ0n) is 8.79. The first-order chi connectivity index (χ1) is 7.65. The van der Waals surface area contributed by atoms with E-state index < -0.39 is 0 Å². The van der Waals surface area contributed by atoms with E-state index in [0.29, 0.717) is 12.1 Å². The average molecular weight is 284 g/mol. The molecule has 5 heteroatoms. The first-order valence-electron chi connectivity index (χ1n) is 5.23. The minimum atomic E-state index is 0.135. The topological polar surface area (TPSA) is 67.1 Å². The summed E-state index contributed by atoms with van der Waals surface area (Å²) in [6, 6.07) is 5.94. The summed E-state index contributed by atoms with van der Waals surface area (Å²) in [7, 11) is 0. The van der Waals surface area contributed by atoms with Gasteiger partial charge in [0.05, 0.1) is 11.4 Å². The number of amides is 1. The molecule has 1 atom stereocenters. The van der Waals surface area contributed by atoms with Crippen molar-refractivity contribution in [3.05, 3.63) is 22.7 Å². The van der Waals surface area contributed by atoms with Crippen LogP contribution < -0.4 is 16.4 Å². The second-order valence-electron chi connectivity index (χ2n) is 3.92. The molecule has 1 unspecified atom stereocenters. The van der Waals surface area contributed by atoms with E-state index in [-0.39, 0.29) is 11.9 Å². The van der Waals surface area contributed by atoms with Crippen LogP contribution in [0, 0.1) is 0 Å². The Hall–Kier alpha value is -1.23. The molecule has 1 amide bonds. The summed E-state index contributed by atoms with van der Waals surface area (Å²) in [6.45, 7) is 0.720. The van der Waals surface area contributed by atoms with Crippen LogP contribution in [0.1, 0.15) is 12.8 Å². The van der Waals surface area contributed by atoms with Crippen molar-refractivity contribution in [3.63, 3.8) is 0 Å². The van der Waals surface area contributed by atoms with Gasteiger partial charge in [-0.15, -0.1) is 0 Å². The number of halogens is 1. The smallest absolute Gasteiger partial charge is 0.220 e. The fourth-order valence-corrected chi connectivity index (χ4v) is 2.14. The molecule has 1 aromatic rings. The van der Waals surface area contributed by atoms with Gasteiger partial charge in [-0.3, -0.25) is 4.79 Å². The molecular weight excluding hydrogens is 270 g/mol. The van der Waals surface area contributed by atoms with Crippen molar-refractivity contribution in [2.75, 3.05) is 17.6 Å². The minimum Gasteiger partial charge on any atom is -0.397 e. The Labute approximate surface area is 103 Å². The van der Waals surface area contributed by atoms with Crippen molar-refractivity contribution >= 4 is 33.2 Å². The number of nitrogens with two attached hydrogens (primary N) is 1. The molecule has 0 spiro atoms. The summed E-state index contributed by atoms with van der Waals surface area (Å²) in [5, 5.41) is 6.15. The highest BCUT2D eigenvalue weighted by Gasteiger charge is 2.20. The summed E-state index contributed by atoms with van der Waals surface area (Å²) in [5.41, 5.74) is 7.47. The number of rotatable bonds is 3. The maximum absolute atomic E-state index is 11.0. The molecule has 1 aromatic carbocycles. The van der Waals surface area contributed by atoms with Crippen LogP contribution in [0.25, 0.3) is 0 Å². The second-order valence-corrected chi connectivity index (χ2v) is 4.83. The molecule has 4 nitrogen and oxygen atoms in total. The lowest BCUT2D eigenvalue weighted by Crippen LogP contribution is -2.31. The first kappa shape index (κ1) is 11.3. The summed E-state index contributed by atoms with van der Waals surface area (Å²) >= 11 is 3.36. The van der Waals surface area contributed by atoms with Crippen LogP contribution >= 0.6 is 15.9 Å². The van der Waals surface area contributed by atoms with Gasteiger partial charge in [0.15, 0.2) is 0 Å². The monoisotopic (exact) mass is 283 g/mol. The fraction of sp³-hybridized carbons (Fsp3) is 0.364. The molecule has 0 aliphatic carbocycles. The van der Waals surface area contributed by atoms with E-state index in [0.717, 1.165) is 23.1 Å². The number of hydrogen-bond donors (Lipinski definition) is 3. The number of hydrogen-bond acceptors (Lipinski definition) is 3. The van der Waals surface area contributed by atoms with E-state index >= 15 is 0 Å². The van der Waals surface area contributed by atoms with Gasteiger partial charge < -0.3 is 16.4 Å². The predicted octanol–water partition coefficient (Wildman–Crippen LogP) is 1.72. The van der Waals surface area contributed by atoms with E-state index in [1.165, 1.54) is 0 Å². The van der Waals surface area contributed by atoms with Gasteiger partial charge in [0.1, 0.15) is 0 Å². The van der Waals surface area contributed by atoms with Crippen molar-refractivity contribution < 1.29 is 4.79 Å². The van der Waals surface area contributed by atoms with Gasteiger partial charge in [-0.2, -0.15) is 0 Å². The highest BCUT2D eigenvalue weighted by molar-refractivity contribution is 9.10. The average Bonchev–Trinajstić information content (AvgIpc) is 2.63. The van der Waals surface area contributed by atoms with Crippen molar-refractivity contribution in [3.8, 4) is 0 Å². The summed E-state index contributed by atoms with van der Waals surface area (Å²) in [5.74, 6) is 0.135. The molecule has 0 saturated carbocycles. The number of carbonyl (C=O) groups is 1. The number of nitrogens with one attached hydrogen (secondary N) is 2. The largest absolute Gasteiger partial charge is 0.397 e. The first-order valence-corrected chi connectivity index (χ1v) is 6.03. The Balaban J connectivity index is 1.92. The van der Waals surface area contributed by atoms with E-state index in [2.05, 4.69) is 26.6 Å². The van der Waals surface area contributed by atoms with Crippen LogP contribution in [0.2, 0.25) is 0 Å². The van der Waals surface area contributed by atoms with Crippen LogP contribution in [0.4, 0.5) is 11.4 Å². The molecule has 86 valence electrons. The number of benzene rings is 1. The molecule has 0 aromatic heterocycles. The Morgan fingerprint density at radius 2 is 2.38 bits per heavy atom. The quantitative estimate of drug-likeness (QED) is 0.740. The maximum Gasteiger partial charge on any atom is 0.220 e. The molecule has 16 heavy (non-hydrogen) atoms. The number of nitrogen functional groups attached to an aromatic ring is 1. The van der Waals surface area contributed by atoms with Crippen molar-refractivity contribution in [2.45, 2.75) is 18.9 Å². The van der Waals surface area contributed by atoms with Gasteiger partial charge >= 0.3 is 0 Å². The molecular formula is C11H14BrN3O. The lowest BCUT2D eigenvalue weighted by Gasteiger charge is -2.14. The zero-order valence-corrected chi connectivity index (χ0v) is 10.4.